The van der Waals surface area contributed by atoms with Gasteiger partial charge in [0.25, 0.3) is 0 Å². The van der Waals surface area contributed by atoms with Gasteiger partial charge in [-0.05, 0) is 51.8 Å². The number of hydrogen-bond donors (Lipinski definition) is 1. The molecular formula is C99H141NO11. The molecule has 12 nitrogen and oxygen atoms in total. The molecule has 1 aliphatic rings. The maximum atomic E-state index is 15.3. The van der Waals surface area contributed by atoms with Crippen molar-refractivity contribution < 1.29 is 52.2 Å². The SMILES string of the molecule is CCCCCCCCCCCCCCCCCCCCCCCCCC(=O)N[C@@H](CO[C@H]1O[C@H](COCc2ccccc2)[C@H](OCc2ccccc2)[C@H](OCc2ccccc2)[C@H]1OCc1ccccc1)[C@@H](OCc1ccccc1)[C@H](OCc1ccccc1)[C@H](COCCCCCCCCCCCC)OCc1ccccc1. The minimum absolute atomic E-state index is 0.0882. The van der Waals surface area contributed by atoms with E-state index in [1.54, 1.807) is 0 Å². The van der Waals surface area contributed by atoms with Gasteiger partial charge in [-0.3, -0.25) is 4.79 Å². The van der Waals surface area contributed by atoms with Crippen LogP contribution in [-0.4, -0.2) is 87.4 Å². The van der Waals surface area contributed by atoms with E-state index >= 15 is 4.79 Å². The standard InChI is InChI=1S/C99H141NO11/c1-3-5-7-9-11-13-15-16-17-18-19-20-21-22-23-24-25-26-27-28-30-32-55-71-93(101)100-90(94(105-75-85-61-45-36-46-62-85)95(106-76-86-63-47-37-48-64-86)91(104-74-84-59-43-35-44-60-84)81-102-72-56-33-31-29-14-12-10-8-6-4-2)80-110-99-98(109-79-89-69-53-40-54-70-89)97(108-78-88-67-51-39-52-68-88)96(107-77-87-65-49-38-50-66-87)92(111-99)82-103-73-83-57-41-34-42-58-83/h34-54,57-70,90-92,94-99H,3-33,55-56,71-82H2,1-2H3,(H,100,101)/t90-,91-,92+,94+,95+,96-,97-,98+,99-/m0/s1. The molecule has 1 amide bonds. The molecule has 1 heterocycles. The quantitative estimate of drug-likeness (QED) is 0.0367. The summed E-state index contributed by atoms with van der Waals surface area (Å²) in [7, 11) is 0. The average molecular weight is 1520 g/mol. The Labute approximate surface area is 670 Å². The van der Waals surface area contributed by atoms with Crippen molar-refractivity contribution >= 4 is 5.91 Å². The van der Waals surface area contributed by atoms with Crippen LogP contribution in [0.15, 0.2) is 212 Å². The predicted octanol–water partition coefficient (Wildman–Crippen LogP) is 24.3. The van der Waals surface area contributed by atoms with Crippen LogP contribution in [0, 0.1) is 0 Å². The highest BCUT2D eigenvalue weighted by Gasteiger charge is 2.50. The lowest BCUT2D eigenvalue weighted by atomic mass is 9.97. The van der Waals surface area contributed by atoms with Gasteiger partial charge < -0.3 is 52.7 Å². The van der Waals surface area contributed by atoms with E-state index in [1.807, 2.05) is 127 Å². The number of amides is 1. The summed E-state index contributed by atoms with van der Waals surface area (Å²) in [6, 6.07) is 70.5. The van der Waals surface area contributed by atoms with E-state index in [2.05, 4.69) is 104 Å². The zero-order valence-electron chi connectivity index (χ0n) is 68.2. The van der Waals surface area contributed by atoms with Gasteiger partial charge in [0.15, 0.2) is 6.29 Å². The normalized spacial score (nSPS) is 16.8. The molecular weight excluding hydrogens is 1380 g/mol. The summed E-state index contributed by atoms with van der Waals surface area (Å²) < 4.78 is 71.8. The molecule has 0 radical (unpaired) electrons. The highest BCUT2D eigenvalue weighted by molar-refractivity contribution is 5.76. The predicted molar refractivity (Wildman–Crippen MR) is 452 cm³/mol. The van der Waals surface area contributed by atoms with Crippen LogP contribution in [0.3, 0.4) is 0 Å². The van der Waals surface area contributed by atoms with Crippen LogP contribution in [0.5, 0.6) is 0 Å². The van der Waals surface area contributed by atoms with Crippen molar-refractivity contribution in [2.45, 2.75) is 333 Å². The first-order valence-electron chi connectivity index (χ1n) is 43.7. The molecule has 0 spiro atoms. The molecule has 1 N–H and O–H groups in total. The molecule has 7 aromatic carbocycles. The summed E-state index contributed by atoms with van der Waals surface area (Å²) in [4.78, 5) is 15.3. The molecule has 0 saturated carbocycles. The van der Waals surface area contributed by atoms with E-state index in [0.29, 0.717) is 26.2 Å². The first-order chi connectivity index (χ1) is 55.0. The molecule has 0 unspecified atom stereocenters. The third-order valence-corrected chi connectivity index (χ3v) is 21.5. The van der Waals surface area contributed by atoms with Crippen molar-refractivity contribution in [2.75, 3.05) is 26.4 Å². The Bertz CT molecular complexity index is 3280. The van der Waals surface area contributed by atoms with Crippen LogP contribution in [0.4, 0.5) is 0 Å². The second-order valence-corrected chi connectivity index (χ2v) is 31.0. The Kier molecular flexibility index (Phi) is 48.2. The zero-order valence-corrected chi connectivity index (χ0v) is 68.2. The highest BCUT2D eigenvalue weighted by Crippen LogP contribution is 2.34. The van der Waals surface area contributed by atoms with Gasteiger partial charge in [0.05, 0.1) is 72.1 Å². The first-order valence-corrected chi connectivity index (χ1v) is 43.7. The Morgan fingerprint density at radius 3 is 1.02 bits per heavy atom. The molecule has 7 aromatic rings. The minimum Gasteiger partial charge on any atom is -0.379 e. The van der Waals surface area contributed by atoms with E-state index in [1.165, 1.54) is 180 Å². The van der Waals surface area contributed by atoms with Crippen LogP contribution in [0.2, 0.25) is 0 Å². The maximum Gasteiger partial charge on any atom is 0.220 e. The monoisotopic (exact) mass is 1520 g/mol. The molecule has 0 aromatic heterocycles. The summed E-state index contributed by atoms with van der Waals surface area (Å²) in [6.45, 7) is 7.23. The van der Waals surface area contributed by atoms with Crippen molar-refractivity contribution in [3.63, 3.8) is 0 Å². The van der Waals surface area contributed by atoms with E-state index in [-0.39, 0.29) is 58.8 Å². The van der Waals surface area contributed by atoms with Crippen LogP contribution < -0.4 is 5.32 Å². The van der Waals surface area contributed by atoms with Gasteiger partial charge in [0.1, 0.15) is 42.7 Å². The van der Waals surface area contributed by atoms with Crippen LogP contribution in [-0.2, 0) is 98.4 Å². The molecule has 1 aliphatic heterocycles. The van der Waals surface area contributed by atoms with Crippen molar-refractivity contribution in [3.05, 3.63) is 251 Å². The van der Waals surface area contributed by atoms with Gasteiger partial charge in [0, 0.05) is 13.0 Å². The third kappa shape index (κ3) is 39.0. The van der Waals surface area contributed by atoms with E-state index in [9.17, 15) is 0 Å². The van der Waals surface area contributed by atoms with E-state index in [4.69, 9.17) is 47.4 Å². The largest absolute Gasteiger partial charge is 0.379 e. The number of nitrogens with one attached hydrogen (secondary N) is 1. The van der Waals surface area contributed by atoms with Crippen LogP contribution in [0.1, 0.15) is 271 Å². The lowest BCUT2D eigenvalue weighted by Crippen LogP contribution is -2.63. The number of rotatable bonds is 66. The molecule has 1 saturated heterocycles. The lowest BCUT2D eigenvalue weighted by Gasteiger charge is -2.46. The molecule has 0 bridgehead atoms. The molecule has 608 valence electrons. The Morgan fingerprint density at radius 1 is 0.315 bits per heavy atom. The molecule has 1 fully saturated rings. The fraction of sp³-hybridized carbons (Fsp3) is 0.566. The van der Waals surface area contributed by atoms with Gasteiger partial charge in [-0.25, -0.2) is 0 Å². The van der Waals surface area contributed by atoms with Crippen LogP contribution in [0.25, 0.3) is 0 Å². The van der Waals surface area contributed by atoms with Gasteiger partial charge in [0.2, 0.25) is 5.91 Å². The van der Waals surface area contributed by atoms with Gasteiger partial charge in [-0.1, -0.05) is 425 Å². The second-order valence-electron chi connectivity index (χ2n) is 31.0. The van der Waals surface area contributed by atoms with Crippen molar-refractivity contribution in [1.29, 1.82) is 0 Å². The maximum absolute atomic E-state index is 15.3. The summed E-state index contributed by atoms with van der Waals surface area (Å²) in [5.41, 5.74) is 6.93. The number of carbonyl (C=O) groups is 1. The molecule has 8 rings (SSSR count). The van der Waals surface area contributed by atoms with Crippen LogP contribution >= 0.6 is 0 Å². The minimum atomic E-state index is -1.09. The van der Waals surface area contributed by atoms with Gasteiger partial charge >= 0.3 is 0 Å². The number of carbonyl (C=O) groups excluding carboxylic acids is 1. The fourth-order valence-electron chi connectivity index (χ4n) is 14.9. The summed E-state index contributed by atoms with van der Waals surface area (Å²) >= 11 is 0. The molecule has 9 atom stereocenters. The number of unbranched alkanes of at least 4 members (excludes halogenated alkanes) is 31. The smallest absolute Gasteiger partial charge is 0.220 e. The van der Waals surface area contributed by atoms with Crippen molar-refractivity contribution in [3.8, 4) is 0 Å². The van der Waals surface area contributed by atoms with Crippen molar-refractivity contribution in [1.82, 2.24) is 5.32 Å². The number of ether oxygens (including phenoxy) is 10. The van der Waals surface area contributed by atoms with E-state index < -0.39 is 55.1 Å². The Morgan fingerprint density at radius 2 is 0.631 bits per heavy atom. The summed E-state index contributed by atoms with van der Waals surface area (Å²) in [6.07, 6.45) is 36.1. The van der Waals surface area contributed by atoms with E-state index in [0.717, 1.165) is 71.0 Å². The first kappa shape index (κ1) is 90.2. The molecule has 0 aliphatic carbocycles. The molecule has 12 heteroatoms. The topological polar surface area (TPSA) is 121 Å². The Balaban J connectivity index is 1.05. The third-order valence-electron chi connectivity index (χ3n) is 21.5. The fourth-order valence-corrected chi connectivity index (χ4v) is 14.9. The Hall–Kier alpha value is -6.39. The summed E-state index contributed by atoms with van der Waals surface area (Å²) in [5.74, 6) is -0.103. The molecule has 111 heavy (non-hydrogen) atoms. The zero-order chi connectivity index (χ0) is 77.2. The van der Waals surface area contributed by atoms with Gasteiger partial charge in [-0.2, -0.15) is 0 Å². The number of hydrogen-bond acceptors (Lipinski definition) is 11. The lowest BCUT2D eigenvalue weighted by molar-refractivity contribution is -0.330. The van der Waals surface area contributed by atoms with Crippen molar-refractivity contribution in [2.24, 2.45) is 0 Å². The van der Waals surface area contributed by atoms with Gasteiger partial charge in [-0.15, -0.1) is 0 Å². The highest BCUT2D eigenvalue weighted by atomic mass is 16.7. The average Bonchev–Trinajstić information content (AvgIpc) is 0.784. The number of benzene rings is 7. The summed E-state index contributed by atoms with van der Waals surface area (Å²) in [5, 5.41) is 3.58. The second kappa shape index (κ2) is 59.3.